The molecule has 0 aliphatic rings. The van der Waals surface area contributed by atoms with E-state index < -0.39 is 0 Å². The molecule has 0 aliphatic carbocycles. The molecule has 64 heavy (non-hydrogen) atoms. The van der Waals surface area contributed by atoms with Gasteiger partial charge in [0.2, 0.25) is 0 Å². The quantitative estimate of drug-likeness (QED) is 0.0984. The van der Waals surface area contributed by atoms with Crippen molar-refractivity contribution < 1.29 is 0 Å². The Morgan fingerprint density at radius 2 is 0.953 bits per heavy atom. The Balaban J connectivity index is 1.74. The molecule has 0 spiro atoms. The molecule has 7 rings (SSSR count). The van der Waals surface area contributed by atoms with Crippen LogP contribution in [0.1, 0.15) is 170 Å². The normalized spacial score (nSPS) is 12.7. The fourth-order valence-electron chi connectivity index (χ4n) is 9.81. The summed E-state index contributed by atoms with van der Waals surface area (Å²) in [6, 6.07) is 39.2. The fourth-order valence-corrected chi connectivity index (χ4v) is 9.81. The average molecular weight is 841 g/mol. The highest BCUT2D eigenvalue weighted by molar-refractivity contribution is 6.24. The van der Waals surface area contributed by atoms with Gasteiger partial charge in [0.25, 0.3) is 0 Å². The summed E-state index contributed by atoms with van der Waals surface area (Å²) >= 11 is 0. The van der Waals surface area contributed by atoms with Gasteiger partial charge in [0.05, 0.1) is 11.6 Å². The summed E-state index contributed by atoms with van der Waals surface area (Å²) in [4.78, 5) is 0. The van der Waals surface area contributed by atoms with Gasteiger partial charge < -0.3 is 5.73 Å². The summed E-state index contributed by atoms with van der Waals surface area (Å²) in [5.74, 6) is 2.18. The van der Waals surface area contributed by atoms with Crippen LogP contribution in [0, 0.1) is 11.3 Å². The van der Waals surface area contributed by atoms with Crippen LogP contribution >= 0.6 is 0 Å². The maximum Gasteiger partial charge on any atom is 0.0998 e. The van der Waals surface area contributed by atoms with Crippen molar-refractivity contribution in [3.8, 4) is 39.4 Å². The number of hydrogen-bond donors (Lipinski definition) is 1. The third-order valence-corrected chi connectivity index (χ3v) is 13.4. The predicted molar refractivity (Wildman–Crippen MR) is 281 cm³/mol. The number of fused-ring (bicyclic) bond motifs is 5. The number of hydrogen-bond acceptors (Lipinski definition) is 2. The van der Waals surface area contributed by atoms with Gasteiger partial charge in [-0.1, -0.05) is 175 Å². The van der Waals surface area contributed by atoms with Crippen molar-refractivity contribution in [3.05, 3.63) is 172 Å². The molecule has 0 bridgehead atoms. The van der Waals surface area contributed by atoms with Crippen molar-refractivity contribution >= 4 is 37.9 Å². The average Bonchev–Trinajstić information content (AvgIpc) is 3.28. The molecule has 0 atom stereocenters. The van der Waals surface area contributed by atoms with E-state index in [1.165, 1.54) is 55.6 Å². The summed E-state index contributed by atoms with van der Waals surface area (Å²) < 4.78 is 0. The minimum atomic E-state index is 0.331. The van der Waals surface area contributed by atoms with E-state index >= 15 is 0 Å². The Labute approximate surface area is 384 Å². The van der Waals surface area contributed by atoms with Crippen molar-refractivity contribution in [1.29, 1.82) is 5.26 Å². The second-order valence-electron chi connectivity index (χ2n) is 19.8. The van der Waals surface area contributed by atoms with Crippen molar-refractivity contribution in [2.75, 3.05) is 0 Å². The Kier molecular flexibility index (Phi) is 13.3. The van der Waals surface area contributed by atoms with Crippen molar-refractivity contribution in [2.45, 2.75) is 126 Å². The highest BCUT2D eigenvalue weighted by atomic mass is 14.6. The summed E-state index contributed by atoms with van der Waals surface area (Å²) in [7, 11) is 0. The lowest BCUT2D eigenvalue weighted by Gasteiger charge is -2.25. The van der Waals surface area contributed by atoms with E-state index in [0.29, 0.717) is 46.8 Å². The molecule has 0 saturated heterocycles. The minimum absolute atomic E-state index is 0.331. The highest BCUT2D eigenvalue weighted by Crippen LogP contribution is 2.47. The van der Waals surface area contributed by atoms with E-state index in [2.05, 4.69) is 175 Å². The first kappa shape index (κ1) is 45.8. The number of benzene rings is 7. The van der Waals surface area contributed by atoms with Crippen LogP contribution in [-0.4, -0.2) is 0 Å². The third-order valence-electron chi connectivity index (χ3n) is 13.4. The molecule has 2 N–H and O–H groups in total. The first-order valence-electron chi connectivity index (χ1n) is 23.6. The molecule has 0 aliphatic heterocycles. The standard InChI is InChI=1S/C62H68N2/c1-15-19-49(60(64)16-2)57-33-59-54-26-41(61-50(37(7)8)28-44(35(3)4)29-51(61)38(9)10)22-24-47(54)56(46-21-18-17-20-43(46)34-63)32-58(59)55-27-42(23-25-48(55)57)62-52(39(11)12)30-45(36(5)6)31-53(62)40(13)14/h15-33,35-40H,1,64H2,2-14H3/b49-19-,60-16+. The van der Waals surface area contributed by atoms with Crippen LogP contribution in [-0.2, 0) is 0 Å². The molecule has 0 radical (unpaired) electrons. The maximum atomic E-state index is 10.6. The van der Waals surface area contributed by atoms with Crippen LogP contribution in [0.5, 0.6) is 0 Å². The Morgan fingerprint density at radius 3 is 1.39 bits per heavy atom. The molecule has 0 saturated carbocycles. The van der Waals surface area contributed by atoms with Crippen LogP contribution in [0.15, 0.2) is 128 Å². The van der Waals surface area contributed by atoms with E-state index in [0.717, 1.165) is 54.6 Å². The number of nitrogens with zero attached hydrogens (tertiary/aromatic N) is 1. The van der Waals surface area contributed by atoms with Gasteiger partial charge in [-0.2, -0.15) is 5.26 Å². The van der Waals surface area contributed by atoms with E-state index in [9.17, 15) is 5.26 Å². The minimum Gasteiger partial charge on any atom is -0.398 e. The molecular weight excluding hydrogens is 773 g/mol. The predicted octanol–water partition coefficient (Wildman–Crippen LogP) is 18.2. The molecule has 0 amide bonds. The van der Waals surface area contributed by atoms with Crippen LogP contribution in [0.4, 0.5) is 0 Å². The van der Waals surface area contributed by atoms with E-state index in [1.54, 1.807) is 0 Å². The topological polar surface area (TPSA) is 49.8 Å². The lowest BCUT2D eigenvalue weighted by Crippen LogP contribution is -2.04. The summed E-state index contributed by atoms with van der Waals surface area (Å²) in [6.07, 6.45) is 5.88. The van der Waals surface area contributed by atoms with Crippen LogP contribution in [0.3, 0.4) is 0 Å². The van der Waals surface area contributed by atoms with Gasteiger partial charge >= 0.3 is 0 Å². The van der Waals surface area contributed by atoms with Gasteiger partial charge in [0.1, 0.15) is 0 Å². The smallest absolute Gasteiger partial charge is 0.0998 e. The number of rotatable bonds is 12. The Hall–Kier alpha value is -6.17. The van der Waals surface area contributed by atoms with Gasteiger partial charge in [-0.05, 0) is 172 Å². The first-order chi connectivity index (χ1) is 30.5. The molecule has 0 aromatic heterocycles. The van der Waals surface area contributed by atoms with Gasteiger partial charge in [-0.15, -0.1) is 0 Å². The molecule has 0 heterocycles. The van der Waals surface area contributed by atoms with Gasteiger partial charge in [0.15, 0.2) is 0 Å². The van der Waals surface area contributed by atoms with Crippen molar-refractivity contribution in [2.24, 2.45) is 5.73 Å². The Morgan fingerprint density at radius 1 is 0.516 bits per heavy atom. The largest absolute Gasteiger partial charge is 0.398 e. The van der Waals surface area contributed by atoms with Crippen LogP contribution in [0.2, 0.25) is 0 Å². The van der Waals surface area contributed by atoms with Gasteiger partial charge in [-0.3, -0.25) is 0 Å². The van der Waals surface area contributed by atoms with Crippen LogP contribution in [0.25, 0.3) is 71.3 Å². The second-order valence-corrected chi connectivity index (χ2v) is 19.8. The Bertz CT molecular complexity index is 2990. The molecule has 2 nitrogen and oxygen atoms in total. The summed E-state index contributed by atoms with van der Waals surface area (Å²) in [6.45, 7) is 33.9. The van der Waals surface area contributed by atoms with Crippen LogP contribution < -0.4 is 5.73 Å². The third kappa shape index (κ3) is 8.34. The highest BCUT2D eigenvalue weighted by Gasteiger charge is 2.24. The number of allylic oxidation sites excluding steroid dienone is 4. The number of nitrogens with two attached hydrogens (primary N) is 1. The second kappa shape index (κ2) is 18.5. The number of nitriles is 1. The molecule has 326 valence electrons. The molecule has 0 fully saturated rings. The first-order valence-corrected chi connectivity index (χ1v) is 23.6. The molecule has 2 heteroatoms. The molecule has 0 unspecified atom stereocenters. The van der Waals surface area contributed by atoms with Gasteiger partial charge in [0, 0.05) is 16.8 Å². The monoisotopic (exact) mass is 841 g/mol. The lowest BCUT2D eigenvalue weighted by molar-refractivity contribution is 0.807. The molecular formula is C62H68N2. The van der Waals surface area contributed by atoms with E-state index in [4.69, 9.17) is 5.73 Å². The zero-order valence-electron chi connectivity index (χ0n) is 40.7. The van der Waals surface area contributed by atoms with Crippen molar-refractivity contribution in [3.63, 3.8) is 0 Å². The zero-order valence-corrected chi connectivity index (χ0v) is 40.7. The zero-order chi connectivity index (χ0) is 46.3. The molecule has 7 aromatic carbocycles. The molecule has 7 aromatic rings. The SMILES string of the molecule is C=C/C=C(\C(N)=C/C)c1cc2c3cc(-c4c(C(C)C)cc(C(C)C)cc4C(C)C)ccc3c(-c3ccccc3C#N)cc2c2cc(-c3c(C(C)C)cc(C(C)C)cc3C(C)C)ccc12. The maximum absolute atomic E-state index is 10.6. The van der Waals surface area contributed by atoms with Crippen molar-refractivity contribution in [1.82, 2.24) is 0 Å². The van der Waals surface area contributed by atoms with Gasteiger partial charge in [-0.25, -0.2) is 0 Å². The fraction of sp³-hybridized carbons (Fsp3) is 0.306. The van der Waals surface area contributed by atoms with E-state index in [1.807, 2.05) is 43.4 Å². The summed E-state index contributed by atoms with van der Waals surface area (Å²) in [5, 5.41) is 17.4. The summed E-state index contributed by atoms with van der Waals surface area (Å²) in [5.41, 5.74) is 25.6. The van der Waals surface area contributed by atoms with E-state index in [-0.39, 0.29) is 0 Å². The lowest BCUT2D eigenvalue weighted by atomic mass is 9.79.